The molecule has 0 saturated carbocycles. The van der Waals surface area contributed by atoms with Crippen molar-refractivity contribution in [3.05, 3.63) is 64.7 Å². The molecule has 0 bridgehead atoms. The van der Waals surface area contributed by atoms with Gasteiger partial charge in [0.15, 0.2) is 6.10 Å². The third-order valence-electron chi connectivity index (χ3n) is 5.23. The fourth-order valence-corrected chi connectivity index (χ4v) is 3.75. The average Bonchev–Trinajstić information content (AvgIpc) is 3.17. The first kappa shape index (κ1) is 20.4. The van der Waals surface area contributed by atoms with E-state index in [9.17, 15) is 4.79 Å². The number of amides is 1. The zero-order chi connectivity index (χ0) is 19.9. The standard InChI is InChI=1S/C24H32N2O2/c1-4-23(28-22-14-18(2)13-19(3)15-22)24(27)25-16-20-7-9-21(10-8-20)17-26-11-5-6-12-26/h7-10,13-15,23H,4-6,11-12,16-17H2,1-3H3,(H,25,27). The van der Waals surface area contributed by atoms with Crippen LogP contribution in [0.5, 0.6) is 5.75 Å². The van der Waals surface area contributed by atoms with Crippen molar-refractivity contribution in [1.29, 1.82) is 0 Å². The Bertz CT molecular complexity index is 759. The molecular weight excluding hydrogens is 348 g/mol. The van der Waals surface area contributed by atoms with Gasteiger partial charge in [-0.25, -0.2) is 0 Å². The van der Waals surface area contributed by atoms with Crippen molar-refractivity contribution in [2.45, 2.75) is 59.2 Å². The molecule has 2 aromatic carbocycles. The second-order valence-electron chi connectivity index (χ2n) is 7.86. The van der Waals surface area contributed by atoms with E-state index in [1.54, 1.807) is 0 Å². The Labute approximate surface area is 168 Å². The molecule has 2 aromatic rings. The Balaban J connectivity index is 1.51. The number of ether oxygens (including phenoxy) is 1. The van der Waals surface area contributed by atoms with Gasteiger partial charge in [-0.15, -0.1) is 0 Å². The second kappa shape index (κ2) is 9.74. The lowest BCUT2D eigenvalue weighted by atomic mass is 10.1. The maximum absolute atomic E-state index is 12.6. The molecule has 1 N–H and O–H groups in total. The van der Waals surface area contributed by atoms with Crippen molar-refractivity contribution < 1.29 is 9.53 Å². The predicted molar refractivity (Wildman–Crippen MR) is 113 cm³/mol. The van der Waals surface area contributed by atoms with Crippen LogP contribution in [-0.2, 0) is 17.9 Å². The van der Waals surface area contributed by atoms with Crippen LogP contribution in [0.25, 0.3) is 0 Å². The van der Waals surface area contributed by atoms with Crippen LogP contribution in [-0.4, -0.2) is 30.0 Å². The van der Waals surface area contributed by atoms with Crippen molar-refractivity contribution in [1.82, 2.24) is 10.2 Å². The summed E-state index contributed by atoms with van der Waals surface area (Å²) >= 11 is 0. The highest BCUT2D eigenvalue weighted by Crippen LogP contribution is 2.19. The Kier molecular flexibility index (Phi) is 7.10. The third kappa shape index (κ3) is 5.83. The fraction of sp³-hybridized carbons (Fsp3) is 0.458. The number of carbonyl (C=O) groups excluding carboxylic acids is 1. The molecule has 3 rings (SSSR count). The molecule has 1 aliphatic rings. The number of nitrogens with zero attached hydrogens (tertiary/aromatic N) is 1. The number of rotatable bonds is 8. The molecular formula is C24H32N2O2. The number of hydrogen-bond donors (Lipinski definition) is 1. The molecule has 0 spiro atoms. The lowest BCUT2D eigenvalue weighted by molar-refractivity contribution is -0.128. The van der Waals surface area contributed by atoms with E-state index in [0.29, 0.717) is 13.0 Å². The zero-order valence-electron chi connectivity index (χ0n) is 17.3. The van der Waals surface area contributed by atoms with Crippen molar-refractivity contribution >= 4 is 5.91 Å². The van der Waals surface area contributed by atoms with Gasteiger partial charge in [0, 0.05) is 13.1 Å². The van der Waals surface area contributed by atoms with E-state index >= 15 is 0 Å². The van der Waals surface area contributed by atoms with E-state index in [2.05, 4.69) is 40.5 Å². The fourth-order valence-electron chi connectivity index (χ4n) is 3.75. The van der Waals surface area contributed by atoms with Gasteiger partial charge >= 0.3 is 0 Å². The normalized spacial score (nSPS) is 15.4. The topological polar surface area (TPSA) is 41.6 Å². The van der Waals surface area contributed by atoms with Gasteiger partial charge in [-0.3, -0.25) is 9.69 Å². The highest BCUT2D eigenvalue weighted by molar-refractivity contribution is 5.81. The first-order valence-corrected chi connectivity index (χ1v) is 10.4. The lowest BCUT2D eigenvalue weighted by Gasteiger charge is -2.18. The van der Waals surface area contributed by atoms with Gasteiger partial charge in [0.25, 0.3) is 5.91 Å². The van der Waals surface area contributed by atoms with Crippen molar-refractivity contribution in [3.63, 3.8) is 0 Å². The maximum Gasteiger partial charge on any atom is 0.261 e. The minimum absolute atomic E-state index is 0.0668. The molecule has 1 unspecified atom stereocenters. The first-order valence-electron chi connectivity index (χ1n) is 10.4. The zero-order valence-corrected chi connectivity index (χ0v) is 17.3. The van der Waals surface area contributed by atoms with E-state index in [0.717, 1.165) is 29.0 Å². The molecule has 1 amide bonds. The summed E-state index contributed by atoms with van der Waals surface area (Å²) in [5, 5.41) is 3.02. The van der Waals surface area contributed by atoms with Crippen molar-refractivity contribution in [2.24, 2.45) is 0 Å². The Hall–Kier alpha value is -2.33. The number of nitrogens with one attached hydrogen (secondary N) is 1. The van der Waals surface area contributed by atoms with Gasteiger partial charge in [-0.05, 0) is 80.6 Å². The van der Waals surface area contributed by atoms with E-state index in [-0.39, 0.29) is 5.91 Å². The summed E-state index contributed by atoms with van der Waals surface area (Å²) in [6.07, 6.45) is 2.78. The number of hydrogen-bond acceptors (Lipinski definition) is 3. The van der Waals surface area contributed by atoms with E-state index in [1.165, 1.54) is 31.5 Å². The Morgan fingerprint density at radius 3 is 2.25 bits per heavy atom. The van der Waals surface area contributed by atoms with Crippen molar-refractivity contribution in [2.75, 3.05) is 13.1 Å². The summed E-state index contributed by atoms with van der Waals surface area (Å²) < 4.78 is 5.95. The molecule has 150 valence electrons. The number of aryl methyl sites for hydroxylation is 2. The van der Waals surface area contributed by atoms with Gasteiger partial charge in [0.1, 0.15) is 5.75 Å². The number of likely N-dealkylation sites (tertiary alicyclic amines) is 1. The summed E-state index contributed by atoms with van der Waals surface area (Å²) in [5.74, 6) is 0.688. The largest absolute Gasteiger partial charge is 0.481 e. The average molecular weight is 381 g/mol. The monoisotopic (exact) mass is 380 g/mol. The van der Waals surface area contributed by atoms with Crippen LogP contribution in [0.4, 0.5) is 0 Å². The van der Waals surface area contributed by atoms with E-state index in [4.69, 9.17) is 4.74 Å². The molecule has 0 aromatic heterocycles. The molecule has 28 heavy (non-hydrogen) atoms. The van der Waals surface area contributed by atoms with E-state index < -0.39 is 6.10 Å². The highest BCUT2D eigenvalue weighted by atomic mass is 16.5. The summed E-state index contributed by atoms with van der Waals surface area (Å²) in [7, 11) is 0. The van der Waals surface area contributed by atoms with Crippen LogP contribution in [0.3, 0.4) is 0 Å². The minimum Gasteiger partial charge on any atom is -0.481 e. The summed E-state index contributed by atoms with van der Waals surface area (Å²) in [6.45, 7) is 10.00. The molecule has 0 radical (unpaired) electrons. The van der Waals surface area contributed by atoms with Gasteiger partial charge in [-0.1, -0.05) is 37.3 Å². The smallest absolute Gasteiger partial charge is 0.261 e. The second-order valence-corrected chi connectivity index (χ2v) is 7.86. The van der Waals surface area contributed by atoms with Crippen LogP contribution in [0.15, 0.2) is 42.5 Å². The van der Waals surface area contributed by atoms with Gasteiger partial charge in [-0.2, -0.15) is 0 Å². The van der Waals surface area contributed by atoms with Gasteiger partial charge in [0.2, 0.25) is 0 Å². The van der Waals surface area contributed by atoms with Gasteiger partial charge < -0.3 is 10.1 Å². The molecule has 1 heterocycles. The van der Waals surface area contributed by atoms with Crippen LogP contribution in [0.1, 0.15) is 48.4 Å². The van der Waals surface area contributed by atoms with E-state index in [1.807, 2.05) is 32.9 Å². The van der Waals surface area contributed by atoms with Gasteiger partial charge in [0.05, 0.1) is 0 Å². The molecule has 4 nitrogen and oxygen atoms in total. The molecule has 1 atom stereocenters. The molecule has 1 fully saturated rings. The number of benzene rings is 2. The number of carbonyl (C=O) groups is 1. The lowest BCUT2D eigenvalue weighted by Crippen LogP contribution is -2.37. The SMILES string of the molecule is CCC(Oc1cc(C)cc(C)c1)C(=O)NCc1ccc(CN2CCCC2)cc1. The molecule has 1 aliphatic heterocycles. The quantitative estimate of drug-likeness (QED) is 0.739. The molecule has 1 saturated heterocycles. The minimum atomic E-state index is -0.476. The first-order chi connectivity index (χ1) is 13.5. The Morgan fingerprint density at radius 1 is 1.04 bits per heavy atom. The maximum atomic E-state index is 12.6. The van der Waals surface area contributed by atoms with Crippen LogP contribution >= 0.6 is 0 Å². The highest BCUT2D eigenvalue weighted by Gasteiger charge is 2.18. The predicted octanol–water partition coefficient (Wildman–Crippen LogP) is 4.37. The van der Waals surface area contributed by atoms with Crippen LogP contribution in [0, 0.1) is 13.8 Å². The Morgan fingerprint density at radius 2 is 1.64 bits per heavy atom. The summed E-state index contributed by atoms with van der Waals surface area (Å²) in [6, 6.07) is 14.6. The van der Waals surface area contributed by atoms with Crippen LogP contribution in [0.2, 0.25) is 0 Å². The summed E-state index contributed by atoms with van der Waals surface area (Å²) in [5.41, 5.74) is 4.72. The van der Waals surface area contributed by atoms with Crippen LogP contribution < -0.4 is 10.1 Å². The molecule has 0 aliphatic carbocycles. The third-order valence-corrected chi connectivity index (χ3v) is 5.23. The summed E-state index contributed by atoms with van der Waals surface area (Å²) in [4.78, 5) is 15.1. The molecule has 4 heteroatoms. The van der Waals surface area contributed by atoms with Crippen molar-refractivity contribution in [3.8, 4) is 5.75 Å².